The van der Waals surface area contributed by atoms with E-state index in [2.05, 4.69) is 21.2 Å². The summed E-state index contributed by atoms with van der Waals surface area (Å²) >= 11 is 3.28. The molecule has 3 amide bonds. The van der Waals surface area contributed by atoms with E-state index < -0.39 is 0 Å². The van der Waals surface area contributed by atoms with Gasteiger partial charge in [-0.15, -0.1) is 0 Å². The number of amides is 3. The van der Waals surface area contributed by atoms with E-state index in [4.69, 9.17) is 0 Å². The summed E-state index contributed by atoms with van der Waals surface area (Å²) in [6, 6.07) is 9.41. The monoisotopic (exact) mass is 418 g/mol. The molecule has 3 rings (SSSR count). The zero-order chi connectivity index (χ0) is 18.8. The van der Waals surface area contributed by atoms with E-state index in [1.807, 2.05) is 0 Å². The highest BCUT2D eigenvalue weighted by atomic mass is 79.9. The maximum absolute atomic E-state index is 13.5. The number of halogens is 2. The summed E-state index contributed by atoms with van der Waals surface area (Å²) < 4.78 is 14.2. The predicted molar refractivity (Wildman–Crippen MR) is 98.5 cm³/mol. The Balaban J connectivity index is 1.55. The summed E-state index contributed by atoms with van der Waals surface area (Å²) in [6.07, 6.45) is 0.444. The number of imide groups is 1. The van der Waals surface area contributed by atoms with Crippen molar-refractivity contribution in [3.05, 3.63) is 63.4 Å². The number of carbonyl (C=O) groups excluding carboxylic acids is 3. The van der Waals surface area contributed by atoms with Crippen LogP contribution in [0.25, 0.3) is 0 Å². The Labute approximate surface area is 158 Å². The topological polar surface area (TPSA) is 66.5 Å². The number of benzene rings is 2. The summed E-state index contributed by atoms with van der Waals surface area (Å²) in [5.41, 5.74) is 1.62. The lowest BCUT2D eigenvalue weighted by atomic mass is 10.1. The molecule has 2 aromatic carbocycles. The number of nitrogens with zero attached hydrogens (tertiary/aromatic N) is 1. The molecule has 0 saturated carbocycles. The third kappa shape index (κ3) is 3.67. The summed E-state index contributed by atoms with van der Waals surface area (Å²) in [5, 5.41) is 2.61. The zero-order valence-corrected chi connectivity index (χ0v) is 15.6. The fourth-order valence-corrected chi connectivity index (χ4v) is 3.12. The predicted octanol–water partition coefficient (Wildman–Crippen LogP) is 3.91. The first-order chi connectivity index (χ1) is 12.4. The average molecular weight is 419 g/mol. The summed E-state index contributed by atoms with van der Waals surface area (Å²) in [5.74, 6) is -1.39. The van der Waals surface area contributed by atoms with Crippen LogP contribution in [0, 0.1) is 12.7 Å². The molecule has 26 heavy (non-hydrogen) atoms. The number of carbonyl (C=O) groups is 3. The molecular weight excluding hydrogens is 403 g/mol. The molecule has 1 aliphatic heterocycles. The molecule has 0 unspecified atom stereocenters. The number of rotatable bonds is 5. The third-order valence-corrected chi connectivity index (χ3v) is 4.67. The SMILES string of the molecule is Cc1ccc(NC(=O)CCCN2C(=O)c3ccc(Br)cc3C2=O)cc1F. The minimum absolute atomic E-state index is 0.118. The lowest BCUT2D eigenvalue weighted by molar-refractivity contribution is -0.116. The Bertz CT molecular complexity index is 914. The van der Waals surface area contributed by atoms with Crippen molar-refractivity contribution in [2.75, 3.05) is 11.9 Å². The van der Waals surface area contributed by atoms with E-state index in [1.54, 1.807) is 37.3 Å². The maximum Gasteiger partial charge on any atom is 0.261 e. The van der Waals surface area contributed by atoms with Gasteiger partial charge in [0.15, 0.2) is 0 Å². The van der Waals surface area contributed by atoms with Gasteiger partial charge in [-0.25, -0.2) is 4.39 Å². The van der Waals surface area contributed by atoms with Gasteiger partial charge in [0.05, 0.1) is 11.1 Å². The van der Waals surface area contributed by atoms with Gasteiger partial charge in [-0.05, 0) is 49.2 Å². The van der Waals surface area contributed by atoms with E-state index in [9.17, 15) is 18.8 Å². The average Bonchev–Trinajstić information content (AvgIpc) is 2.82. The van der Waals surface area contributed by atoms with Crippen molar-refractivity contribution < 1.29 is 18.8 Å². The maximum atomic E-state index is 13.5. The molecule has 0 spiro atoms. The molecular formula is C19H16BrFN2O3. The number of hydrogen-bond donors (Lipinski definition) is 1. The number of nitrogens with one attached hydrogen (secondary N) is 1. The van der Waals surface area contributed by atoms with Gasteiger partial charge in [0, 0.05) is 23.1 Å². The van der Waals surface area contributed by atoms with Crippen LogP contribution in [-0.4, -0.2) is 29.2 Å². The molecule has 0 bridgehead atoms. The highest BCUT2D eigenvalue weighted by Crippen LogP contribution is 2.26. The molecule has 1 N–H and O–H groups in total. The molecule has 134 valence electrons. The molecule has 1 heterocycles. The van der Waals surface area contributed by atoms with E-state index in [0.29, 0.717) is 28.8 Å². The van der Waals surface area contributed by atoms with Gasteiger partial charge in [0.1, 0.15) is 5.82 Å². The first-order valence-corrected chi connectivity index (χ1v) is 8.88. The van der Waals surface area contributed by atoms with Gasteiger partial charge in [-0.2, -0.15) is 0 Å². The summed E-state index contributed by atoms with van der Waals surface area (Å²) in [7, 11) is 0. The van der Waals surface area contributed by atoms with Gasteiger partial charge in [0.2, 0.25) is 5.91 Å². The quantitative estimate of drug-likeness (QED) is 0.748. The molecule has 7 heteroatoms. The minimum Gasteiger partial charge on any atom is -0.326 e. The highest BCUT2D eigenvalue weighted by molar-refractivity contribution is 9.10. The van der Waals surface area contributed by atoms with Crippen LogP contribution in [0.15, 0.2) is 40.9 Å². The Kier molecular flexibility index (Phi) is 5.18. The molecule has 2 aromatic rings. The van der Waals surface area contributed by atoms with Crippen molar-refractivity contribution in [1.82, 2.24) is 4.90 Å². The van der Waals surface area contributed by atoms with Gasteiger partial charge < -0.3 is 5.32 Å². The second kappa shape index (κ2) is 7.37. The summed E-state index contributed by atoms with van der Waals surface area (Å²) in [6.45, 7) is 1.79. The first-order valence-electron chi connectivity index (χ1n) is 8.08. The van der Waals surface area contributed by atoms with Crippen molar-refractivity contribution in [2.45, 2.75) is 19.8 Å². The van der Waals surface area contributed by atoms with Crippen molar-refractivity contribution >= 4 is 39.3 Å². The van der Waals surface area contributed by atoms with Crippen LogP contribution in [0.4, 0.5) is 10.1 Å². The van der Waals surface area contributed by atoms with Crippen LogP contribution in [0.1, 0.15) is 39.1 Å². The van der Waals surface area contributed by atoms with Crippen molar-refractivity contribution in [2.24, 2.45) is 0 Å². The van der Waals surface area contributed by atoms with Gasteiger partial charge >= 0.3 is 0 Å². The van der Waals surface area contributed by atoms with Crippen LogP contribution in [0.2, 0.25) is 0 Å². The molecule has 0 atom stereocenters. The standard InChI is InChI=1S/C19H16BrFN2O3/c1-11-4-6-13(10-16(11)21)22-17(24)3-2-8-23-18(25)14-7-5-12(20)9-15(14)19(23)26/h4-7,9-10H,2-3,8H2,1H3,(H,22,24). The fraction of sp³-hybridized carbons (Fsp3) is 0.211. The van der Waals surface area contributed by atoms with Crippen LogP contribution in [-0.2, 0) is 4.79 Å². The Morgan fingerprint density at radius 2 is 1.85 bits per heavy atom. The molecule has 0 aromatic heterocycles. The second-order valence-corrected chi connectivity index (χ2v) is 6.98. The largest absolute Gasteiger partial charge is 0.326 e. The fourth-order valence-electron chi connectivity index (χ4n) is 2.76. The van der Waals surface area contributed by atoms with Crippen molar-refractivity contribution in [3.63, 3.8) is 0 Å². The lowest BCUT2D eigenvalue weighted by Crippen LogP contribution is -2.31. The highest BCUT2D eigenvalue weighted by Gasteiger charge is 2.35. The van der Waals surface area contributed by atoms with Gasteiger partial charge in [-0.1, -0.05) is 22.0 Å². The Morgan fingerprint density at radius 3 is 2.58 bits per heavy atom. The Hall–Kier alpha value is -2.54. The van der Waals surface area contributed by atoms with E-state index in [1.165, 1.54) is 6.07 Å². The van der Waals surface area contributed by atoms with Crippen LogP contribution in [0.3, 0.4) is 0 Å². The zero-order valence-electron chi connectivity index (χ0n) is 14.0. The molecule has 0 aliphatic carbocycles. The van der Waals surface area contributed by atoms with Gasteiger partial charge in [0.25, 0.3) is 11.8 Å². The van der Waals surface area contributed by atoms with Crippen LogP contribution >= 0.6 is 15.9 Å². The molecule has 5 nitrogen and oxygen atoms in total. The lowest BCUT2D eigenvalue weighted by Gasteiger charge is -2.13. The van der Waals surface area contributed by atoms with E-state index >= 15 is 0 Å². The van der Waals surface area contributed by atoms with E-state index in [-0.39, 0.29) is 36.5 Å². The number of aryl methyl sites for hydroxylation is 1. The van der Waals surface area contributed by atoms with Crippen LogP contribution in [0.5, 0.6) is 0 Å². The first kappa shape index (κ1) is 18.3. The van der Waals surface area contributed by atoms with Crippen LogP contribution < -0.4 is 5.32 Å². The molecule has 0 radical (unpaired) electrons. The number of fused-ring (bicyclic) bond motifs is 1. The molecule has 1 aliphatic rings. The number of hydrogen-bond acceptors (Lipinski definition) is 3. The summed E-state index contributed by atoms with van der Waals surface area (Å²) in [4.78, 5) is 37.8. The minimum atomic E-state index is -0.389. The third-order valence-electron chi connectivity index (χ3n) is 4.17. The Morgan fingerprint density at radius 1 is 1.12 bits per heavy atom. The smallest absolute Gasteiger partial charge is 0.261 e. The second-order valence-electron chi connectivity index (χ2n) is 6.07. The van der Waals surface area contributed by atoms with Gasteiger partial charge in [-0.3, -0.25) is 19.3 Å². The molecule has 0 saturated heterocycles. The van der Waals surface area contributed by atoms with E-state index in [0.717, 1.165) is 9.37 Å². The van der Waals surface area contributed by atoms with Crippen molar-refractivity contribution in [1.29, 1.82) is 0 Å². The normalized spacial score (nSPS) is 13.1. The molecule has 0 fully saturated rings. The van der Waals surface area contributed by atoms with Crippen molar-refractivity contribution in [3.8, 4) is 0 Å². The number of anilines is 1.